The Morgan fingerprint density at radius 3 is 0.847 bits per heavy atom. The first-order chi connectivity index (χ1) is 35.5. The van der Waals surface area contributed by atoms with Crippen LogP contribution >= 0.6 is 0 Å². The Bertz CT molecular complexity index is 1290. The summed E-state index contributed by atoms with van der Waals surface area (Å²) in [5, 5.41) is 0. The van der Waals surface area contributed by atoms with Gasteiger partial charge in [0, 0.05) is 19.3 Å². The molecular weight excluding hydrogens is 889 g/mol. The van der Waals surface area contributed by atoms with Crippen LogP contribution in [0.3, 0.4) is 0 Å². The topological polar surface area (TPSA) is 78.9 Å². The van der Waals surface area contributed by atoms with Gasteiger partial charge in [-0.25, -0.2) is 0 Å². The second-order valence-electron chi connectivity index (χ2n) is 21.0. The fraction of sp³-hybridized carbons (Fsp3) is 0.803. The first-order valence-corrected chi connectivity index (χ1v) is 31.3. The fourth-order valence-electron chi connectivity index (χ4n) is 9.12. The molecule has 0 aliphatic rings. The molecule has 0 aliphatic heterocycles. The van der Waals surface area contributed by atoms with Crippen LogP contribution in [-0.4, -0.2) is 37.2 Å². The molecular formula is C66H118O6. The molecule has 0 saturated carbocycles. The van der Waals surface area contributed by atoms with Gasteiger partial charge >= 0.3 is 17.9 Å². The molecule has 0 aromatic heterocycles. The van der Waals surface area contributed by atoms with E-state index in [2.05, 4.69) is 81.5 Å². The van der Waals surface area contributed by atoms with Gasteiger partial charge in [-0.05, 0) is 64.2 Å². The van der Waals surface area contributed by atoms with E-state index < -0.39 is 6.10 Å². The van der Waals surface area contributed by atoms with Crippen LogP contribution in [-0.2, 0) is 28.6 Å². The quantitative estimate of drug-likeness (QED) is 0.0261. The van der Waals surface area contributed by atoms with Crippen molar-refractivity contribution in [1.82, 2.24) is 0 Å². The molecule has 0 saturated heterocycles. The molecule has 0 heterocycles. The Morgan fingerprint density at radius 1 is 0.292 bits per heavy atom. The van der Waals surface area contributed by atoms with Crippen molar-refractivity contribution in [3.63, 3.8) is 0 Å². The number of hydrogen-bond donors (Lipinski definition) is 0. The van der Waals surface area contributed by atoms with Crippen LogP contribution in [0.2, 0.25) is 0 Å². The summed E-state index contributed by atoms with van der Waals surface area (Å²) in [7, 11) is 0. The zero-order valence-corrected chi connectivity index (χ0v) is 47.9. The van der Waals surface area contributed by atoms with E-state index in [0.717, 1.165) is 96.3 Å². The molecule has 1 atom stereocenters. The number of unbranched alkanes of at least 4 members (excludes halogenated alkanes) is 36. The van der Waals surface area contributed by atoms with E-state index in [4.69, 9.17) is 14.2 Å². The Morgan fingerprint density at radius 2 is 0.542 bits per heavy atom. The van der Waals surface area contributed by atoms with Crippen LogP contribution in [0, 0.1) is 0 Å². The Kier molecular flexibility index (Phi) is 58.2. The van der Waals surface area contributed by atoms with Crippen molar-refractivity contribution in [2.75, 3.05) is 13.2 Å². The largest absolute Gasteiger partial charge is 0.462 e. The Hall–Kier alpha value is -2.89. The summed E-state index contributed by atoms with van der Waals surface area (Å²) < 4.78 is 16.9. The average molecular weight is 1010 g/mol. The van der Waals surface area contributed by atoms with E-state index in [-0.39, 0.29) is 31.1 Å². The van der Waals surface area contributed by atoms with Gasteiger partial charge in [-0.15, -0.1) is 0 Å². The predicted molar refractivity (Wildman–Crippen MR) is 312 cm³/mol. The first kappa shape index (κ1) is 69.1. The summed E-state index contributed by atoms with van der Waals surface area (Å²) in [4.78, 5) is 38.2. The van der Waals surface area contributed by atoms with E-state index in [1.165, 1.54) is 186 Å². The monoisotopic (exact) mass is 1010 g/mol. The summed E-state index contributed by atoms with van der Waals surface area (Å²) in [5.74, 6) is -0.863. The highest BCUT2D eigenvalue weighted by Gasteiger charge is 2.19. The van der Waals surface area contributed by atoms with Gasteiger partial charge in [0.25, 0.3) is 0 Å². The third-order valence-corrected chi connectivity index (χ3v) is 13.8. The van der Waals surface area contributed by atoms with Gasteiger partial charge < -0.3 is 14.2 Å². The van der Waals surface area contributed by atoms with Crippen LogP contribution in [0.1, 0.15) is 323 Å². The summed E-state index contributed by atoms with van der Waals surface area (Å²) >= 11 is 0. The molecule has 0 rings (SSSR count). The van der Waals surface area contributed by atoms with Gasteiger partial charge in [-0.2, -0.15) is 0 Å². The highest BCUT2D eigenvalue weighted by atomic mass is 16.6. The lowest BCUT2D eigenvalue weighted by molar-refractivity contribution is -0.167. The molecule has 0 fully saturated rings. The average Bonchev–Trinajstić information content (AvgIpc) is 3.38. The number of allylic oxidation sites excluding steroid dienone is 10. The van der Waals surface area contributed by atoms with E-state index in [9.17, 15) is 14.4 Å². The molecule has 6 nitrogen and oxygen atoms in total. The van der Waals surface area contributed by atoms with E-state index in [0.29, 0.717) is 19.3 Å². The van der Waals surface area contributed by atoms with Crippen LogP contribution in [0.25, 0.3) is 0 Å². The molecule has 0 aromatic carbocycles. The number of esters is 3. The molecule has 72 heavy (non-hydrogen) atoms. The van der Waals surface area contributed by atoms with Crippen LogP contribution in [0.4, 0.5) is 0 Å². The van der Waals surface area contributed by atoms with Crippen molar-refractivity contribution in [3.8, 4) is 0 Å². The van der Waals surface area contributed by atoms with E-state index in [1.54, 1.807) is 0 Å². The normalized spacial score (nSPS) is 12.4. The molecule has 1 unspecified atom stereocenters. The lowest BCUT2D eigenvalue weighted by Crippen LogP contribution is -2.30. The third-order valence-electron chi connectivity index (χ3n) is 13.8. The lowest BCUT2D eigenvalue weighted by Gasteiger charge is -2.18. The van der Waals surface area contributed by atoms with Gasteiger partial charge in [0.1, 0.15) is 13.2 Å². The smallest absolute Gasteiger partial charge is 0.306 e. The standard InChI is InChI=1S/C66H118O6/c1-4-7-10-13-16-19-21-23-25-27-29-31-32-33-34-35-37-38-40-42-44-47-50-53-56-59-65(68)71-62-63(61-70-64(67)58-55-52-49-46-18-15-12-9-6-3)72-66(69)60-57-54-51-48-45-43-41-39-36-30-28-26-24-22-20-17-14-11-8-5-2/h7,10,16,19,23,25,29,31,33-34,63H,4-6,8-9,11-15,17-18,20-22,24,26-28,30,32,35-62H2,1-3H3/b10-7-,19-16-,25-23-,31-29-,34-33-. The molecule has 418 valence electrons. The molecule has 0 spiro atoms. The first-order valence-electron chi connectivity index (χ1n) is 31.3. The fourth-order valence-corrected chi connectivity index (χ4v) is 9.12. The number of carbonyl (C=O) groups excluding carboxylic acids is 3. The molecule has 0 bridgehead atoms. The van der Waals surface area contributed by atoms with Gasteiger partial charge in [-0.3, -0.25) is 14.4 Å². The molecule has 0 aliphatic carbocycles. The zero-order chi connectivity index (χ0) is 52.2. The summed E-state index contributed by atoms with van der Waals surface area (Å²) in [5.41, 5.74) is 0. The van der Waals surface area contributed by atoms with Crippen molar-refractivity contribution in [1.29, 1.82) is 0 Å². The molecule has 0 N–H and O–H groups in total. The maximum absolute atomic E-state index is 12.9. The van der Waals surface area contributed by atoms with Crippen LogP contribution in [0.15, 0.2) is 60.8 Å². The number of carbonyl (C=O) groups is 3. The van der Waals surface area contributed by atoms with Crippen molar-refractivity contribution in [3.05, 3.63) is 60.8 Å². The second-order valence-corrected chi connectivity index (χ2v) is 21.0. The number of rotatable bonds is 57. The second kappa shape index (κ2) is 60.7. The minimum atomic E-state index is -0.772. The minimum Gasteiger partial charge on any atom is -0.462 e. The minimum absolute atomic E-state index is 0.0715. The Balaban J connectivity index is 4.21. The maximum atomic E-state index is 12.9. The molecule has 0 aromatic rings. The summed E-state index contributed by atoms with van der Waals surface area (Å²) in [6.07, 6.45) is 76.6. The van der Waals surface area contributed by atoms with Crippen molar-refractivity contribution < 1.29 is 28.6 Å². The van der Waals surface area contributed by atoms with Crippen LogP contribution in [0.5, 0.6) is 0 Å². The molecule has 0 amide bonds. The van der Waals surface area contributed by atoms with Crippen molar-refractivity contribution in [2.24, 2.45) is 0 Å². The van der Waals surface area contributed by atoms with Crippen LogP contribution < -0.4 is 0 Å². The maximum Gasteiger partial charge on any atom is 0.306 e. The lowest BCUT2D eigenvalue weighted by atomic mass is 10.0. The van der Waals surface area contributed by atoms with Gasteiger partial charge in [-0.1, -0.05) is 300 Å². The zero-order valence-electron chi connectivity index (χ0n) is 47.9. The van der Waals surface area contributed by atoms with Gasteiger partial charge in [0.2, 0.25) is 0 Å². The highest BCUT2D eigenvalue weighted by molar-refractivity contribution is 5.71. The summed E-state index contributed by atoms with van der Waals surface area (Å²) in [6.45, 7) is 6.55. The van der Waals surface area contributed by atoms with Gasteiger partial charge in [0.15, 0.2) is 6.10 Å². The summed E-state index contributed by atoms with van der Waals surface area (Å²) in [6, 6.07) is 0. The van der Waals surface area contributed by atoms with Gasteiger partial charge in [0.05, 0.1) is 0 Å². The third kappa shape index (κ3) is 58.0. The molecule has 0 radical (unpaired) electrons. The number of ether oxygens (including phenoxy) is 3. The predicted octanol–water partition coefficient (Wildman–Crippen LogP) is 21.2. The van der Waals surface area contributed by atoms with E-state index >= 15 is 0 Å². The highest BCUT2D eigenvalue weighted by Crippen LogP contribution is 2.17. The van der Waals surface area contributed by atoms with E-state index in [1.807, 2.05) is 0 Å². The molecule has 6 heteroatoms. The van der Waals surface area contributed by atoms with Crippen molar-refractivity contribution in [2.45, 2.75) is 329 Å². The SMILES string of the molecule is CC/C=C\C/C=C\C/C=C\C/C=C\C/C=C\CCCCCCCCCCCC(=O)OCC(COC(=O)CCCCCCCCCCC)OC(=O)CCCCCCCCCCCCCCCCCCCCCC. The number of hydrogen-bond acceptors (Lipinski definition) is 6. The Labute approximate surface area is 447 Å². The van der Waals surface area contributed by atoms with Crippen molar-refractivity contribution >= 4 is 17.9 Å².